The number of pyridine rings is 1. The maximum absolute atomic E-state index is 10.5. The van der Waals surface area contributed by atoms with Gasteiger partial charge in [0.1, 0.15) is 6.42 Å². The summed E-state index contributed by atoms with van der Waals surface area (Å²) in [6.45, 7) is 0. The molecule has 0 unspecified atom stereocenters. The second kappa shape index (κ2) is 5.09. The van der Waals surface area contributed by atoms with E-state index in [-0.39, 0.29) is 22.8 Å². The zero-order valence-corrected chi connectivity index (χ0v) is 8.56. The third-order valence-electron chi connectivity index (χ3n) is 1.49. The van der Waals surface area contributed by atoms with Crippen molar-refractivity contribution in [3.05, 3.63) is 33.1 Å². The zero-order valence-electron chi connectivity index (χ0n) is 7.81. The first-order valence-electron chi connectivity index (χ1n) is 4.01. The molecule has 0 aliphatic rings. The van der Waals surface area contributed by atoms with Crippen LogP contribution in [0.3, 0.4) is 0 Å². The maximum Gasteiger partial charge on any atom is 0.315 e. The summed E-state index contributed by atoms with van der Waals surface area (Å²) < 4.78 is 0. The van der Waals surface area contributed by atoms with Crippen molar-refractivity contribution in [1.82, 2.24) is 4.98 Å². The quantitative estimate of drug-likeness (QED) is 0.366. The highest BCUT2D eigenvalue weighted by molar-refractivity contribution is 6.31. The molecule has 0 saturated carbocycles. The lowest BCUT2D eigenvalue weighted by Crippen LogP contribution is -1.93. The Morgan fingerprint density at radius 2 is 2.38 bits per heavy atom. The standard InChI is InChI=1S/C9H5ClN2O4/c10-9-7(12(15)16)4-6(5-11-9)2-1-3-8(13)14/h4-5H,3H2,(H,13,14). The van der Waals surface area contributed by atoms with E-state index < -0.39 is 10.9 Å². The van der Waals surface area contributed by atoms with Crippen molar-refractivity contribution in [2.45, 2.75) is 6.42 Å². The number of nitrogens with zero attached hydrogens (tertiary/aromatic N) is 2. The summed E-state index contributed by atoms with van der Waals surface area (Å²) in [4.78, 5) is 23.6. The topological polar surface area (TPSA) is 93.3 Å². The van der Waals surface area contributed by atoms with Gasteiger partial charge in [-0.3, -0.25) is 14.9 Å². The Kier molecular flexibility index (Phi) is 3.80. The number of hydrogen-bond acceptors (Lipinski definition) is 4. The van der Waals surface area contributed by atoms with Gasteiger partial charge in [0, 0.05) is 17.8 Å². The molecule has 1 heterocycles. The van der Waals surface area contributed by atoms with Gasteiger partial charge >= 0.3 is 11.7 Å². The number of carbonyl (C=O) groups is 1. The van der Waals surface area contributed by atoms with Crippen LogP contribution in [0.2, 0.25) is 5.15 Å². The molecule has 0 bridgehead atoms. The molecule has 16 heavy (non-hydrogen) atoms. The fourth-order valence-corrected chi connectivity index (χ4v) is 1.03. The van der Waals surface area contributed by atoms with Crippen molar-refractivity contribution in [3.8, 4) is 11.8 Å². The van der Waals surface area contributed by atoms with Crippen LogP contribution < -0.4 is 0 Å². The van der Waals surface area contributed by atoms with Crippen LogP contribution in [0.15, 0.2) is 12.3 Å². The summed E-state index contributed by atoms with van der Waals surface area (Å²) >= 11 is 5.48. The fourth-order valence-electron chi connectivity index (χ4n) is 0.855. The molecule has 0 aliphatic carbocycles. The number of halogens is 1. The van der Waals surface area contributed by atoms with E-state index in [9.17, 15) is 14.9 Å². The molecule has 0 aliphatic heterocycles. The molecule has 0 fully saturated rings. The van der Waals surface area contributed by atoms with E-state index in [1.165, 1.54) is 6.20 Å². The molecule has 1 aromatic heterocycles. The fraction of sp³-hybridized carbons (Fsp3) is 0.111. The molecule has 1 rings (SSSR count). The Balaban J connectivity index is 2.98. The SMILES string of the molecule is O=C(O)CC#Cc1cnc(Cl)c([N+](=O)[O-])c1. The zero-order chi connectivity index (χ0) is 12.1. The van der Waals surface area contributed by atoms with Crippen molar-refractivity contribution in [1.29, 1.82) is 0 Å². The van der Waals surface area contributed by atoms with Crippen LogP contribution >= 0.6 is 11.6 Å². The van der Waals surface area contributed by atoms with Gasteiger partial charge in [-0.1, -0.05) is 23.4 Å². The van der Waals surface area contributed by atoms with Gasteiger partial charge in [-0.2, -0.15) is 0 Å². The Morgan fingerprint density at radius 1 is 1.69 bits per heavy atom. The number of nitro groups is 1. The number of carboxylic acid groups (broad SMARTS) is 1. The summed E-state index contributed by atoms with van der Waals surface area (Å²) in [7, 11) is 0. The largest absolute Gasteiger partial charge is 0.481 e. The average molecular weight is 241 g/mol. The molecule has 7 heteroatoms. The number of rotatable bonds is 2. The molecule has 0 spiro atoms. The summed E-state index contributed by atoms with van der Waals surface area (Å²) in [5.41, 5.74) is -0.110. The molecular formula is C9H5ClN2O4. The van der Waals surface area contributed by atoms with Crippen LogP contribution in [0.4, 0.5) is 5.69 Å². The molecule has 0 saturated heterocycles. The van der Waals surface area contributed by atoms with Crippen molar-refractivity contribution in [2.75, 3.05) is 0 Å². The minimum absolute atomic E-state index is 0.228. The van der Waals surface area contributed by atoms with Crippen LogP contribution in [-0.4, -0.2) is 21.0 Å². The molecule has 0 amide bonds. The van der Waals surface area contributed by atoms with Crippen LogP contribution in [0, 0.1) is 22.0 Å². The molecule has 0 aromatic carbocycles. The highest BCUT2D eigenvalue weighted by atomic mass is 35.5. The average Bonchev–Trinajstić information content (AvgIpc) is 2.19. The van der Waals surface area contributed by atoms with E-state index in [1.54, 1.807) is 0 Å². The third kappa shape index (κ3) is 3.22. The minimum Gasteiger partial charge on any atom is -0.481 e. The van der Waals surface area contributed by atoms with Crippen molar-refractivity contribution < 1.29 is 14.8 Å². The molecule has 0 atom stereocenters. The lowest BCUT2D eigenvalue weighted by molar-refractivity contribution is -0.385. The van der Waals surface area contributed by atoms with Crippen LogP contribution in [0.1, 0.15) is 12.0 Å². The van der Waals surface area contributed by atoms with Crippen LogP contribution in [-0.2, 0) is 4.79 Å². The van der Waals surface area contributed by atoms with E-state index in [0.29, 0.717) is 0 Å². The van der Waals surface area contributed by atoms with Gasteiger partial charge in [-0.15, -0.1) is 0 Å². The monoisotopic (exact) mass is 240 g/mol. The molecule has 1 aromatic rings. The highest BCUT2D eigenvalue weighted by Gasteiger charge is 2.13. The van der Waals surface area contributed by atoms with Gasteiger partial charge in [-0.05, 0) is 0 Å². The number of aromatic nitrogens is 1. The normalized spacial score (nSPS) is 9.06. The molecule has 6 nitrogen and oxygen atoms in total. The summed E-state index contributed by atoms with van der Waals surface area (Å²) in [5, 5.41) is 18.6. The van der Waals surface area contributed by atoms with Gasteiger partial charge in [0.2, 0.25) is 5.15 Å². The first kappa shape index (κ1) is 11.9. The molecule has 0 radical (unpaired) electrons. The van der Waals surface area contributed by atoms with Gasteiger partial charge < -0.3 is 5.11 Å². The Bertz CT molecular complexity index is 504. The van der Waals surface area contributed by atoms with Gasteiger partial charge in [-0.25, -0.2) is 4.98 Å². The summed E-state index contributed by atoms with van der Waals surface area (Å²) in [6.07, 6.45) is 0.903. The predicted octanol–water partition coefficient (Wildman–Crippen LogP) is 1.47. The second-order valence-electron chi connectivity index (χ2n) is 2.66. The number of hydrogen-bond donors (Lipinski definition) is 1. The lowest BCUT2D eigenvalue weighted by atomic mass is 10.2. The van der Waals surface area contributed by atoms with E-state index in [4.69, 9.17) is 16.7 Å². The van der Waals surface area contributed by atoms with Gasteiger partial charge in [0.05, 0.1) is 4.92 Å². The lowest BCUT2D eigenvalue weighted by Gasteiger charge is -1.94. The Labute approximate surface area is 95.0 Å². The van der Waals surface area contributed by atoms with Crippen molar-refractivity contribution in [3.63, 3.8) is 0 Å². The van der Waals surface area contributed by atoms with Crippen LogP contribution in [0.5, 0.6) is 0 Å². The van der Waals surface area contributed by atoms with E-state index in [1.807, 2.05) is 0 Å². The Hall–Kier alpha value is -2.13. The molecule has 82 valence electrons. The first-order valence-corrected chi connectivity index (χ1v) is 4.39. The van der Waals surface area contributed by atoms with Gasteiger partial charge in [0.15, 0.2) is 0 Å². The summed E-state index contributed by atoms with van der Waals surface area (Å²) in [5.74, 6) is 3.71. The maximum atomic E-state index is 10.5. The molecule has 1 N–H and O–H groups in total. The second-order valence-corrected chi connectivity index (χ2v) is 3.02. The number of carboxylic acids is 1. The molecular weight excluding hydrogens is 236 g/mol. The van der Waals surface area contributed by atoms with Crippen molar-refractivity contribution >= 4 is 23.3 Å². The van der Waals surface area contributed by atoms with Crippen LogP contribution in [0.25, 0.3) is 0 Å². The smallest absolute Gasteiger partial charge is 0.315 e. The first-order chi connectivity index (χ1) is 7.50. The minimum atomic E-state index is -1.07. The van der Waals surface area contributed by atoms with E-state index >= 15 is 0 Å². The van der Waals surface area contributed by atoms with Gasteiger partial charge in [0.25, 0.3) is 0 Å². The summed E-state index contributed by atoms with van der Waals surface area (Å²) in [6, 6.07) is 1.14. The third-order valence-corrected chi connectivity index (χ3v) is 1.78. The number of aliphatic carboxylic acids is 1. The van der Waals surface area contributed by atoms with Crippen molar-refractivity contribution in [2.24, 2.45) is 0 Å². The van der Waals surface area contributed by atoms with E-state index in [0.717, 1.165) is 6.07 Å². The Morgan fingerprint density at radius 3 is 2.94 bits per heavy atom. The predicted molar refractivity (Wildman–Crippen MR) is 55.0 cm³/mol. The van der Waals surface area contributed by atoms with E-state index in [2.05, 4.69) is 16.8 Å². The highest BCUT2D eigenvalue weighted by Crippen LogP contribution is 2.21.